The maximum absolute atomic E-state index is 13.2. The van der Waals surface area contributed by atoms with E-state index in [1.54, 1.807) is 16.8 Å². The zero-order valence-corrected chi connectivity index (χ0v) is 25.2. The van der Waals surface area contributed by atoms with Gasteiger partial charge in [0.1, 0.15) is 5.02 Å². The highest BCUT2D eigenvalue weighted by atomic mass is 35.5. The number of halogens is 1. The first-order valence-corrected chi connectivity index (χ1v) is 14.9. The summed E-state index contributed by atoms with van der Waals surface area (Å²) >= 11 is 6.43. The fraction of sp³-hybridized carbons (Fsp3) is 0.533. The van der Waals surface area contributed by atoms with Crippen LogP contribution in [0.25, 0.3) is 10.9 Å². The number of fused-ring (bicyclic) bond motifs is 1. The molecule has 1 amide bonds. The molecule has 9 nitrogen and oxygen atoms in total. The number of pyridine rings is 1. The smallest absolute Gasteiger partial charge is 0.293 e. The molecule has 2 fully saturated rings. The fourth-order valence-corrected chi connectivity index (χ4v) is 4.66. The summed E-state index contributed by atoms with van der Waals surface area (Å²) in [5, 5.41) is 7.08. The van der Waals surface area contributed by atoms with E-state index in [1.165, 1.54) is 26.3 Å². The Kier molecular flexibility index (Phi) is 12.1. The quantitative estimate of drug-likeness (QED) is 0.318. The summed E-state index contributed by atoms with van der Waals surface area (Å²) in [5.74, 6) is 1.74. The molecule has 0 atom stereocenters. The first-order chi connectivity index (χ1) is 19.5. The topological polar surface area (TPSA) is 101 Å². The van der Waals surface area contributed by atoms with Crippen molar-refractivity contribution in [3.05, 3.63) is 45.8 Å². The van der Waals surface area contributed by atoms with Crippen LogP contribution in [0.15, 0.2) is 35.3 Å². The molecule has 2 N–H and O–H groups in total. The lowest BCUT2D eigenvalue weighted by Gasteiger charge is -2.26. The molecule has 3 heterocycles. The Morgan fingerprint density at radius 1 is 1.10 bits per heavy atom. The van der Waals surface area contributed by atoms with Crippen molar-refractivity contribution in [2.24, 2.45) is 5.92 Å². The van der Waals surface area contributed by atoms with Gasteiger partial charge in [-0.25, -0.2) is 4.98 Å². The average Bonchev–Trinajstić information content (AvgIpc) is 3.84. The van der Waals surface area contributed by atoms with Crippen LogP contribution in [-0.2, 0) is 11.3 Å². The number of carbonyl (C=O) groups is 1. The number of nitrogens with one attached hydrogen (secondary N) is 2. The van der Waals surface area contributed by atoms with Crippen LogP contribution in [0.4, 0.5) is 17.5 Å². The molecule has 0 bridgehead atoms. The number of anilines is 3. The van der Waals surface area contributed by atoms with E-state index in [4.69, 9.17) is 16.3 Å². The largest absolute Gasteiger partial charge is 0.478 e. The Bertz CT molecular complexity index is 1320. The highest BCUT2D eigenvalue weighted by Gasteiger charge is 2.22. The third-order valence-corrected chi connectivity index (χ3v) is 7.07. The molecule has 0 radical (unpaired) electrons. The molecule has 2 aliphatic rings. The van der Waals surface area contributed by atoms with Crippen molar-refractivity contribution in [1.29, 1.82) is 0 Å². The normalized spacial score (nSPS) is 14.4. The van der Waals surface area contributed by atoms with Crippen molar-refractivity contribution in [2.75, 3.05) is 37.0 Å². The van der Waals surface area contributed by atoms with E-state index in [-0.39, 0.29) is 23.8 Å². The van der Waals surface area contributed by atoms with E-state index in [9.17, 15) is 9.59 Å². The summed E-state index contributed by atoms with van der Waals surface area (Å²) in [5.41, 5.74) is 1.37. The maximum atomic E-state index is 13.2. The van der Waals surface area contributed by atoms with Crippen molar-refractivity contribution in [3.8, 4) is 5.75 Å². The van der Waals surface area contributed by atoms with Gasteiger partial charge in [-0.2, -0.15) is 4.98 Å². The number of nitrogens with zero attached hydrogens (tertiary/aromatic N) is 4. The molecule has 2 aromatic heterocycles. The standard InChI is InChI=1S/C26H31ClN6O3.2C2H6/c1-28-23(34)16-36-22-14-18-13-19(7-8-21(18)33(25(22)35)12-9-17-5-6-17)30-24-20(27)15-29-26(31-24)32-10-3-2-4-11-32;2*1-2/h7-8,13-15,17H,2-6,9-12,16H2,1H3,(H,28,34)(H,29,30,31);2*1-2H3. The SMILES string of the molecule is CC.CC.CNC(=O)COc1cc2cc(Nc3nc(N4CCCCC4)ncc3Cl)ccc2n(CCC2CC2)c1=O. The number of piperidine rings is 1. The second-order valence-electron chi connectivity index (χ2n) is 9.47. The van der Waals surface area contributed by atoms with Crippen molar-refractivity contribution < 1.29 is 9.53 Å². The fourth-order valence-electron chi connectivity index (χ4n) is 4.53. The van der Waals surface area contributed by atoms with Crippen LogP contribution in [0, 0.1) is 5.92 Å². The number of carbonyl (C=O) groups excluding carboxylic acids is 1. The van der Waals surface area contributed by atoms with E-state index in [0.717, 1.165) is 48.9 Å². The Hall–Kier alpha value is -3.33. The second-order valence-corrected chi connectivity index (χ2v) is 9.88. The van der Waals surface area contributed by atoms with Crippen molar-refractivity contribution >= 4 is 45.9 Å². The molecule has 1 aromatic carbocycles. The van der Waals surface area contributed by atoms with Gasteiger partial charge in [-0.1, -0.05) is 52.1 Å². The molecule has 10 heteroatoms. The van der Waals surface area contributed by atoms with Crippen molar-refractivity contribution in [2.45, 2.75) is 72.8 Å². The molecule has 218 valence electrons. The van der Waals surface area contributed by atoms with Crippen LogP contribution in [0.3, 0.4) is 0 Å². The van der Waals surface area contributed by atoms with Gasteiger partial charge in [-0.15, -0.1) is 0 Å². The Morgan fingerprint density at radius 3 is 2.50 bits per heavy atom. The Labute approximate surface area is 242 Å². The van der Waals surface area contributed by atoms with E-state index in [0.29, 0.717) is 29.3 Å². The molecule has 1 aliphatic heterocycles. The molecule has 1 aliphatic carbocycles. The van der Waals surface area contributed by atoms with Crippen LogP contribution >= 0.6 is 11.6 Å². The molecule has 0 spiro atoms. The number of rotatable bonds is 9. The van der Waals surface area contributed by atoms with Gasteiger partial charge in [0, 0.05) is 37.8 Å². The third-order valence-electron chi connectivity index (χ3n) is 6.79. The number of amides is 1. The van der Waals surface area contributed by atoms with E-state index in [1.807, 2.05) is 45.9 Å². The highest BCUT2D eigenvalue weighted by molar-refractivity contribution is 6.32. The number of likely N-dealkylation sites (N-methyl/N-ethyl adjacent to an activating group) is 1. The van der Waals surface area contributed by atoms with Crippen molar-refractivity contribution in [3.63, 3.8) is 0 Å². The van der Waals surface area contributed by atoms with Crippen LogP contribution in [0.1, 0.15) is 66.2 Å². The molecule has 0 unspecified atom stereocenters. The number of ether oxygens (including phenoxy) is 1. The third kappa shape index (κ3) is 8.10. The lowest BCUT2D eigenvalue weighted by Crippen LogP contribution is -2.31. The van der Waals surface area contributed by atoms with Crippen LogP contribution in [0.5, 0.6) is 5.75 Å². The lowest BCUT2D eigenvalue weighted by atomic mass is 10.1. The molecule has 5 rings (SSSR count). The highest BCUT2D eigenvalue weighted by Crippen LogP contribution is 2.33. The number of aryl methyl sites for hydroxylation is 1. The monoisotopic (exact) mass is 570 g/mol. The van der Waals surface area contributed by atoms with E-state index < -0.39 is 0 Å². The Morgan fingerprint density at radius 2 is 1.82 bits per heavy atom. The molecule has 1 saturated carbocycles. The minimum Gasteiger partial charge on any atom is -0.478 e. The predicted molar refractivity (Wildman–Crippen MR) is 164 cm³/mol. The van der Waals surface area contributed by atoms with E-state index in [2.05, 4.69) is 25.5 Å². The Balaban J connectivity index is 0.00000106. The second kappa shape index (κ2) is 15.5. The van der Waals surface area contributed by atoms with Gasteiger partial charge in [0.25, 0.3) is 11.5 Å². The van der Waals surface area contributed by atoms with E-state index >= 15 is 0 Å². The number of aromatic nitrogens is 3. The lowest BCUT2D eigenvalue weighted by molar-refractivity contribution is -0.122. The van der Waals surface area contributed by atoms with Gasteiger partial charge in [-0.05, 0) is 55.9 Å². The summed E-state index contributed by atoms with van der Waals surface area (Å²) in [6.45, 7) is 10.3. The number of benzene rings is 1. The van der Waals surface area contributed by atoms with Gasteiger partial charge in [-0.3, -0.25) is 9.59 Å². The maximum Gasteiger partial charge on any atom is 0.293 e. The number of hydrogen-bond acceptors (Lipinski definition) is 7. The zero-order valence-electron chi connectivity index (χ0n) is 24.4. The number of hydrogen-bond donors (Lipinski definition) is 2. The van der Waals surface area contributed by atoms with Crippen LogP contribution in [0.2, 0.25) is 5.02 Å². The predicted octanol–water partition coefficient (Wildman–Crippen LogP) is 6.16. The molecule has 3 aromatic rings. The average molecular weight is 571 g/mol. The van der Waals surface area contributed by atoms with Gasteiger partial charge < -0.3 is 24.8 Å². The summed E-state index contributed by atoms with van der Waals surface area (Å²) in [4.78, 5) is 36.2. The van der Waals surface area contributed by atoms with Gasteiger partial charge >= 0.3 is 0 Å². The first-order valence-electron chi connectivity index (χ1n) is 14.6. The van der Waals surface area contributed by atoms with Crippen LogP contribution < -0.4 is 25.8 Å². The summed E-state index contributed by atoms with van der Waals surface area (Å²) in [7, 11) is 1.53. The van der Waals surface area contributed by atoms with Crippen molar-refractivity contribution in [1.82, 2.24) is 19.9 Å². The molecule has 40 heavy (non-hydrogen) atoms. The molecular formula is C30H43ClN6O3. The summed E-state index contributed by atoms with van der Waals surface area (Å²) < 4.78 is 7.36. The zero-order chi connectivity index (χ0) is 29.1. The van der Waals surface area contributed by atoms with Gasteiger partial charge in [0.2, 0.25) is 5.95 Å². The van der Waals surface area contributed by atoms with Crippen LogP contribution in [-0.4, -0.2) is 47.2 Å². The van der Waals surface area contributed by atoms with Gasteiger partial charge in [0.15, 0.2) is 18.2 Å². The summed E-state index contributed by atoms with van der Waals surface area (Å²) in [6.07, 6.45) is 8.50. The minimum absolute atomic E-state index is 0.159. The first kappa shape index (κ1) is 31.2. The molecule has 1 saturated heterocycles. The minimum atomic E-state index is -0.294. The summed E-state index contributed by atoms with van der Waals surface area (Å²) in [6, 6.07) is 7.48. The van der Waals surface area contributed by atoms with Gasteiger partial charge in [0.05, 0.1) is 11.7 Å². The molecular weight excluding hydrogens is 528 g/mol.